The number of nitrogens with zero attached hydrogens (tertiary/aromatic N) is 2. The predicted octanol–water partition coefficient (Wildman–Crippen LogP) is 4.27. The van der Waals surface area contributed by atoms with E-state index < -0.39 is 0 Å². The van der Waals surface area contributed by atoms with Crippen molar-refractivity contribution in [1.29, 1.82) is 0 Å². The lowest BCUT2D eigenvalue weighted by Gasteiger charge is -2.37. The molecule has 2 heterocycles. The van der Waals surface area contributed by atoms with Crippen LogP contribution < -0.4 is 4.90 Å². The van der Waals surface area contributed by atoms with Crippen molar-refractivity contribution in [1.82, 2.24) is 4.90 Å². The number of amides is 2. The van der Waals surface area contributed by atoms with Gasteiger partial charge in [0, 0.05) is 30.8 Å². The minimum absolute atomic E-state index is 0.0763. The smallest absolute Gasteiger partial charge is 0.254 e. The Bertz CT molecular complexity index is 872. The van der Waals surface area contributed by atoms with Gasteiger partial charge < -0.3 is 9.80 Å². The summed E-state index contributed by atoms with van der Waals surface area (Å²) in [6, 6.07) is 14.2. The Kier molecular flexibility index (Phi) is 4.73. The predicted molar refractivity (Wildman–Crippen MR) is 107 cm³/mol. The zero-order valence-electron chi connectivity index (χ0n) is 16.1. The van der Waals surface area contributed by atoms with Crippen LogP contribution in [0.5, 0.6) is 0 Å². The van der Waals surface area contributed by atoms with Gasteiger partial charge in [0.1, 0.15) is 0 Å². The van der Waals surface area contributed by atoms with Gasteiger partial charge in [-0.3, -0.25) is 9.59 Å². The zero-order valence-corrected chi connectivity index (χ0v) is 16.1. The molecule has 0 bridgehead atoms. The van der Waals surface area contributed by atoms with Crippen molar-refractivity contribution in [2.24, 2.45) is 0 Å². The summed E-state index contributed by atoms with van der Waals surface area (Å²) < 4.78 is 0. The molecule has 2 aromatic carbocycles. The highest BCUT2D eigenvalue weighted by atomic mass is 16.2. The van der Waals surface area contributed by atoms with E-state index in [2.05, 4.69) is 32.0 Å². The van der Waals surface area contributed by atoms with Gasteiger partial charge in [-0.15, -0.1) is 0 Å². The van der Waals surface area contributed by atoms with Crippen molar-refractivity contribution in [2.75, 3.05) is 18.0 Å². The quantitative estimate of drug-likeness (QED) is 0.818. The van der Waals surface area contributed by atoms with Crippen LogP contribution in [0, 0.1) is 6.92 Å². The fraction of sp³-hybridized carbons (Fsp3) is 0.391. The standard InChI is InChI=1S/C23H26N2O2/c1-3-21-20-11-6-16(2)15-18(20)12-14-25(21)23(27)17-7-9-19(10-8-17)24-13-4-5-22(24)26/h6-11,15,21H,3-5,12-14H2,1-2H3. The fourth-order valence-corrected chi connectivity index (χ4v) is 4.40. The molecule has 1 unspecified atom stereocenters. The number of rotatable bonds is 3. The molecule has 0 radical (unpaired) electrons. The van der Waals surface area contributed by atoms with Crippen LogP contribution in [0.25, 0.3) is 0 Å². The molecule has 0 aliphatic carbocycles. The third-order valence-corrected chi connectivity index (χ3v) is 5.80. The first-order chi connectivity index (χ1) is 13.1. The molecule has 4 rings (SSSR count). The van der Waals surface area contributed by atoms with Crippen molar-refractivity contribution < 1.29 is 9.59 Å². The van der Waals surface area contributed by atoms with Gasteiger partial charge in [0.25, 0.3) is 5.91 Å². The number of fused-ring (bicyclic) bond motifs is 1. The molecule has 1 saturated heterocycles. The Morgan fingerprint density at radius 2 is 1.85 bits per heavy atom. The van der Waals surface area contributed by atoms with Crippen LogP contribution in [0.2, 0.25) is 0 Å². The number of carbonyl (C=O) groups is 2. The molecule has 2 aliphatic rings. The number of anilines is 1. The Balaban J connectivity index is 1.57. The van der Waals surface area contributed by atoms with Crippen LogP contribution in [0.3, 0.4) is 0 Å². The average molecular weight is 362 g/mol. The molecule has 27 heavy (non-hydrogen) atoms. The number of aryl methyl sites for hydroxylation is 1. The van der Waals surface area contributed by atoms with Crippen LogP contribution in [0.4, 0.5) is 5.69 Å². The molecule has 4 nitrogen and oxygen atoms in total. The summed E-state index contributed by atoms with van der Waals surface area (Å²) in [6.07, 6.45) is 3.33. The molecule has 0 aromatic heterocycles. The maximum Gasteiger partial charge on any atom is 0.254 e. The van der Waals surface area contributed by atoms with Crippen LogP contribution in [-0.2, 0) is 11.2 Å². The molecule has 0 N–H and O–H groups in total. The largest absolute Gasteiger partial charge is 0.331 e. The lowest BCUT2D eigenvalue weighted by molar-refractivity contribution is -0.117. The maximum atomic E-state index is 13.2. The van der Waals surface area contributed by atoms with Gasteiger partial charge >= 0.3 is 0 Å². The van der Waals surface area contributed by atoms with Crippen LogP contribution >= 0.6 is 0 Å². The molecule has 140 valence electrons. The van der Waals surface area contributed by atoms with E-state index in [1.54, 1.807) is 0 Å². The Morgan fingerprint density at radius 3 is 2.52 bits per heavy atom. The lowest BCUT2D eigenvalue weighted by Crippen LogP contribution is -2.40. The van der Waals surface area contributed by atoms with Crippen LogP contribution in [-0.4, -0.2) is 29.8 Å². The lowest BCUT2D eigenvalue weighted by atomic mass is 9.89. The normalized spacial score (nSPS) is 19.3. The fourth-order valence-electron chi connectivity index (χ4n) is 4.40. The summed E-state index contributed by atoms with van der Waals surface area (Å²) in [4.78, 5) is 28.9. The first-order valence-electron chi connectivity index (χ1n) is 9.89. The van der Waals surface area contributed by atoms with Gasteiger partial charge in [0.2, 0.25) is 5.91 Å². The highest BCUT2D eigenvalue weighted by Gasteiger charge is 2.30. The van der Waals surface area contributed by atoms with E-state index in [1.165, 1.54) is 16.7 Å². The molecule has 1 fully saturated rings. The molecule has 0 spiro atoms. The van der Waals surface area contributed by atoms with Crippen molar-refractivity contribution >= 4 is 17.5 Å². The van der Waals surface area contributed by atoms with Crippen molar-refractivity contribution in [2.45, 2.75) is 45.6 Å². The third-order valence-electron chi connectivity index (χ3n) is 5.80. The van der Waals surface area contributed by atoms with Crippen molar-refractivity contribution in [3.05, 3.63) is 64.7 Å². The molecule has 0 saturated carbocycles. The molecule has 2 aliphatic heterocycles. The van der Waals surface area contributed by atoms with Crippen molar-refractivity contribution in [3.63, 3.8) is 0 Å². The summed E-state index contributed by atoms with van der Waals surface area (Å²) in [7, 11) is 0. The van der Waals surface area contributed by atoms with E-state index in [4.69, 9.17) is 0 Å². The second-order valence-corrected chi connectivity index (χ2v) is 7.57. The first kappa shape index (κ1) is 17.8. The van der Waals surface area contributed by atoms with Gasteiger partial charge in [-0.1, -0.05) is 30.7 Å². The van der Waals surface area contributed by atoms with Crippen molar-refractivity contribution in [3.8, 4) is 0 Å². The number of benzene rings is 2. The molecule has 4 heteroatoms. The second-order valence-electron chi connectivity index (χ2n) is 7.57. The van der Waals surface area contributed by atoms with E-state index in [1.807, 2.05) is 34.1 Å². The van der Waals surface area contributed by atoms with E-state index >= 15 is 0 Å². The van der Waals surface area contributed by atoms with Gasteiger partial charge in [-0.25, -0.2) is 0 Å². The Morgan fingerprint density at radius 1 is 1.07 bits per heavy atom. The Hall–Kier alpha value is -2.62. The highest BCUT2D eigenvalue weighted by molar-refractivity contribution is 5.97. The molecule has 2 amide bonds. The summed E-state index contributed by atoms with van der Waals surface area (Å²) in [5.41, 5.74) is 5.51. The number of hydrogen-bond donors (Lipinski definition) is 0. The highest BCUT2D eigenvalue weighted by Crippen LogP contribution is 2.34. The number of carbonyl (C=O) groups excluding carboxylic acids is 2. The minimum atomic E-state index is 0.0763. The van der Waals surface area contributed by atoms with Gasteiger partial charge in [0.05, 0.1) is 6.04 Å². The maximum absolute atomic E-state index is 13.2. The third kappa shape index (κ3) is 3.25. The van der Waals surface area contributed by atoms with E-state index in [0.29, 0.717) is 12.0 Å². The first-order valence-corrected chi connectivity index (χ1v) is 9.89. The second kappa shape index (κ2) is 7.18. The van der Waals surface area contributed by atoms with Crippen LogP contribution in [0.1, 0.15) is 59.3 Å². The van der Waals surface area contributed by atoms with Gasteiger partial charge in [0.15, 0.2) is 0 Å². The number of hydrogen-bond acceptors (Lipinski definition) is 2. The van der Waals surface area contributed by atoms with Gasteiger partial charge in [-0.05, 0) is 61.6 Å². The van der Waals surface area contributed by atoms with E-state index in [0.717, 1.165) is 38.0 Å². The molecule has 2 aromatic rings. The Labute approximate surface area is 160 Å². The monoisotopic (exact) mass is 362 g/mol. The summed E-state index contributed by atoms with van der Waals surface area (Å²) in [5, 5.41) is 0. The SMILES string of the molecule is CCC1c2ccc(C)cc2CCN1C(=O)c1ccc(N2CCCC2=O)cc1. The summed E-state index contributed by atoms with van der Waals surface area (Å²) in [5.74, 6) is 0.246. The van der Waals surface area contributed by atoms with Gasteiger partial charge in [-0.2, -0.15) is 0 Å². The molecular formula is C23H26N2O2. The molecule has 1 atom stereocenters. The minimum Gasteiger partial charge on any atom is -0.331 e. The summed E-state index contributed by atoms with van der Waals surface area (Å²) in [6.45, 7) is 5.78. The van der Waals surface area contributed by atoms with E-state index in [-0.39, 0.29) is 17.9 Å². The average Bonchev–Trinajstić information content (AvgIpc) is 3.12. The van der Waals surface area contributed by atoms with E-state index in [9.17, 15) is 9.59 Å². The van der Waals surface area contributed by atoms with Crippen LogP contribution in [0.15, 0.2) is 42.5 Å². The summed E-state index contributed by atoms with van der Waals surface area (Å²) >= 11 is 0. The topological polar surface area (TPSA) is 40.6 Å². The zero-order chi connectivity index (χ0) is 19.0. The molecular weight excluding hydrogens is 336 g/mol.